The van der Waals surface area contributed by atoms with Crippen molar-refractivity contribution in [1.82, 2.24) is 0 Å². The van der Waals surface area contributed by atoms with Crippen molar-refractivity contribution in [1.29, 1.82) is 0 Å². The lowest BCUT2D eigenvalue weighted by Gasteiger charge is -2.08. The van der Waals surface area contributed by atoms with Crippen LogP contribution in [0.4, 0.5) is 0 Å². The molecule has 0 bridgehead atoms. The number of esters is 1. The van der Waals surface area contributed by atoms with Crippen LogP contribution in [0.15, 0.2) is 11.3 Å². The van der Waals surface area contributed by atoms with Crippen LogP contribution in [0.1, 0.15) is 65.7 Å². The van der Waals surface area contributed by atoms with Gasteiger partial charge in [-0.15, -0.1) is 0 Å². The van der Waals surface area contributed by atoms with Gasteiger partial charge in [-0.05, 0) is 19.8 Å². The van der Waals surface area contributed by atoms with Gasteiger partial charge < -0.3 is 10.5 Å². The van der Waals surface area contributed by atoms with Gasteiger partial charge in [0.05, 0.1) is 12.2 Å². The molecule has 0 unspecified atom stereocenters. The summed E-state index contributed by atoms with van der Waals surface area (Å²) in [5.74, 6) is -0.249. The van der Waals surface area contributed by atoms with E-state index >= 15 is 0 Å². The molecule has 3 nitrogen and oxygen atoms in total. The van der Waals surface area contributed by atoms with Gasteiger partial charge in [0, 0.05) is 5.70 Å². The Morgan fingerprint density at radius 3 is 2.18 bits per heavy atom. The maximum absolute atomic E-state index is 11.6. The standard InChI is InChI=1S/C14H27NO2/c1-4-6-7-8-9-10-11-17-14(16)13(5-2)12(3)15/h4-11,15H2,1-3H3/b13-12+. The fraction of sp³-hybridized carbons (Fsp3) is 0.786. The quantitative estimate of drug-likeness (QED) is 0.381. The van der Waals surface area contributed by atoms with Crippen LogP contribution in [-0.2, 0) is 9.53 Å². The monoisotopic (exact) mass is 241 g/mol. The molecule has 0 heterocycles. The molecule has 0 aliphatic carbocycles. The maximum Gasteiger partial charge on any atom is 0.335 e. The van der Waals surface area contributed by atoms with E-state index in [9.17, 15) is 4.79 Å². The summed E-state index contributed by atoms with van der Waals surface area (Å²) in [6.07, 6.45) is 7.81. The summed E-state index contributed by atoms with van der Waals surface area (Å²) in [4.78, 5) is 11.6. The number of unbranched alkanes of at least 4 members (excludes halogenated alkanes) is 5. The van der Waals surface area contributed by atoms with Crippen LogP contribution in [0.25, 0.3) is 0 Å². The van der Waals surface area contributed by atoms with Crippen LogP contribution >= 0.6 is 0 Å². The molecule has 0 saturated carbocycles. The first-order chi connectivity index (χ1) is 8.13. The van der Waals surface area contributed by atoms with Gasteiger partial charge in [-0.2, -0.15) is 0 Å². The second-order valence-corrected chi connectivity index (χ2v) is 4.42. The Morgan fingerprint density at radius 2 is 1.65 bits per heavy atom. The minimum atomic E-state index is -0.249. The zero-order valence-corrected chi connectivity index (χ0v) is 11.6. The zero-order chi connectivity index (χ0) is 13.1. The average Bonchev–Trinajstić information content (AvgIpc) is 2.28. The molecule has 0 radical (unpaired) electrons. The molecule has 0 aliphatic heterocycles. The Balaban J connectivity index is 3.62. The van der Waals surface area contributed by atoms with Crippen LogP contribution < -0.4 is 5.73 Å². The Morgan fingerprint density at radius 1 is 1.06 bits per heavy atom. The number of allylic oxidation sites excluding steroid dienone is 1. The maximum atomic E-state index is 11.6. The third-order valence-electron chi connectivity index (χ3n) is 2.81. The number of carbonyl (C=O) groups excluding carboxylic acids is 1. The lowest BCUT2D eigenvalue weighted by atomic mass is 10.1. The SMILES string of the molecule is CCCCCCCCOC(=O)/C(CC)=C(\C)N. The van der Waals surface area contributed by atoms with Crippen molar-refractivity contribution >= 4 is 5.97 Å². The van der Waals surface area contributed by atoms with Gasteiger partial charge in [-0.1, -0.05) is 46.0 Å². The van der Waals surface area contributed by atoms with E-state index in [1.54, 1.807) is 6.92 Å². The number of hydrogen-bond acceptors (Lipinski definition) is 3. The third kappa shape index (κ3) is 7.83. The number of carbonyl (C=O) groups is 1. The molecule has 0 aliphatic rings. The van der Waals surface area contributed by atoms with E-state index in [0.29, 0.717) is 24.3 Å². The largest absolute Gasteiger partial charge is 0.462 e. The summed E-state index contributed by atoms with van der Waals surface area (Å²) in [5.41, 5.74) is 6.79. The van der Waals surface area contributed by atoms with E-state index in [0.717, 1.165) is 12.8 Å². The predicted octanol–water partition coefficient (Wildman–Crippen LogP) is 3.53. The predicted molar refractivity (Wildman–Crippen MR) is 71.5 cm³/mol. The fourth-order valence-electron chi connectivity index (χ4n) is 1.72. The molecule has 2 N–H and O–H groups in total. The molecule has 0 atom stereocenters. The molecule has 0 aromatic heterocycles. The lowest BCUT2D eigenvalue weighted by molar-refractivity contribution is -0.139. The second-order valence-electron chi connectivity index (χ2n) is 4.42. The zero-order valence-electron chi connectivity index (χ0n) is 11.6. The molecule has 0 aromatic carbocycles. The molecule has 0 aromatic rings. The average molecular weight is 241 g/mol. The Bertz CT molecular complexity index is 243. The van der Waals surface area contributed by atoms with Crippen LogP contribution in [-0.4, -0.2) is 12.6 Å². The summed E-state index contributed by atoms with van der Waals surface area (Å²) >= 11 is 0. The number of rotatable bonds is 9. The fourth-order valence-corrected chi connectivity index (χ4v) is 1.72. The Kier molecular flexibility index (Phi) is 9.59. The minimum Gasteiger partial charge on any atom is -0.462 e. The van der Waals surface area contributed by atoms with E-state index < -0.39 is 0 Å². The number of nitrogens with two attached hydrogens (primary N) is 1. The molecular formula is C14H27NO2. The van der Waals surface area contributed by atoms with Crippen LogP contribution in [0.5, 0.6) is 0 Å². The molecule has 17 heavy (non-hydrogen) atoms. The van der Waals surface area contributed by atoms with Gasteiger partial charge in [-0.25, -0.2) is 4.79 Å². The van der Waals surface area contributed by atoms with Crippen molar-refractivity contribution in [2.24, 2.45) is 5.73 Å². The van der Waals surface area contributed by atoms with Gasteiger partial charge in [0.2, 0.25) is 0 Å². The molecule has 0 spiro atoms. The van der Waals surface area contributed by atoms with Gasteiger partial charge in [0.25, 0.3) is 0 Å². The van der Waals surface area contributed by atoms with Gasteiger partial charge in [0.15, 0.2) is 0 Å². The number of ether oxygens (including phenoxy) is 1. The summed E-state index contributed by atoms with van der Waals surface area (Å²) in [6.45, 7) is 6.37. The third-order valence-corrected chi connectivity index (χ3v) is 2.81. The van der Waals surface area contributed by atoms with Gasteiger partial charge >= 0.3 is 5.97 Å². The van der Waals surface area contributed by atoms with E-state index in [-0.39, 0.29) is 5.97 Å². The van der Waals surface area contributed by atoms with Crippen molar-refractivity contribution in [2.45, 2.75) is 65.7 Å². The van der Waals surface area contributed by atoms with Crippen LogP contribution in [0.3, 0.4) is 0 Å². The van der Waals surface area contributed by atoms with Crippen molar-refractivity contribution < 1.29 is 9.53 Å². The Labute approximate surface area is 105 Å². The topological polar surface area (TPSA) is 52.3 Å². The lowest BCUT2D eigenvalue weighted by Crippen LogP contribution is -2.13. The summed E-state index contributed by atoms with van der Waals surface area (Å²) in [7, 11) is 0. The first-order valence-corrected chi connectivity index (χ1v) is 6.75. The van der Waals surface area contributed by atoms with Crippen molar-refractivity contribution in [2.75, 3.05) is 6.61 Å². The highest BCUT2D eigenvalue weighted by Crippen LogP contribution is 2.09. The molecule has 100 valence electrons. The van der Waals surface area contributed by atoms with Gasteiger partial charge in [0.1, 0.15) is 0 Å². The summed E-state index contributed by atoms with van der Waals surface area (Å²) in [6, 6.07) is 0. The highest BCUT2D eigenvalue weighted by molar-refractivity contribution is 5.88. The molecule has 0 rings (SSSR count). The molecular weight excluding hydrogens is 214 g/mol. The highest BCUT2D eigenvalue weighted by atomic mass is 16.5. The number of hydrogen-bond donors (Lipinski definition) is 1. The van der Waals surface area contributed by atoms with Crippen LogP contribution in [0, 0.1) is 0 Å². The first kappa shape index (κ1) is 16.0. The van der Waals surface area contributed by atoms with E-state index in [4.69, 9.17) is 10.5 Å². The smallest absolute Gasteiger partial charge is 0.335 e. The Hall–Kier alpha value is -0.990. The minimum absolute atomic E-state index is 0.249. The summed E-state index contributed by atoms with van der Waals surface area (Å²) < 4.78 is 5.19. The molecule has 3 heteroatoms. The van der Waals surface area contributed by atoms with Crippen molar-refractivity contribution in [3.8, 4) is 0 Å². The van der Waals surface area contributed by atoms with Crippen LogP contribution in [0.2, 0.25) is 0 Å². The van der Waals surface area contributed by atoms with Gasteiger partial charge in [-0.3, -0.25) is 0 Å². The summed E-state index contributed by atoms with van der Waals surface area (Å²) in [5, 5.41) is 0. The highest BCUT2D eigenvalue weighted by Gasteiger charge is 2.10. The normalized spacial score (nSPS) is 12.2. The van der Waals surface area contributed by atoms with E-state index in [1.165, 1.54) is 25.7 Å². The van der Waals surface area contributed by atoms with E-state index in [1.807, 2.05) is 6.92 Å². The van der Waals surface area contributed by atoms with Crippen molar-refractivity contribution in [3.05, 3.63) is 11.3 Å². The first-order valence-electron chi connectivity index (χ1n) is 6.75. The molecule has 0 saturated heterocycles. The van der Waals surface area contributed by atoms with E-state index in [2.05, 4.69) is 6.92 Å². The molecule has 0 amide bonds. The second kappa shape index (κ2) is 10.2. The molecule has 0 fully saturated rings. The van der Waals surface area contributed by atoms with Crippen molar-refractivity contribution in [3.63, 3.8) is 0 Å².